The predicted molar refractivity (Wildman–Crippen MR) is 66.9 cm³/mol. The smallest absolute Gasteiger partial charge is 0.267 e. The molecule has 0 atom stereocenters. The molecule has 1 heterocycles. The number of benzene rings is 1. The molecule has 0 saturated carbocycles. The molecule has 1 aromatic carbocycles. The summed E-state index contributed by atoms with van der Waals surface area (Å²) in [5.74, 6) is -0.498. The monoisotopic (exact) mass is 268 g/mol. The SMILES string of the molecule is O=c1cc(-c2ccccc2)[nH]n1CCS(=O)(=O)O. The highest BCUT2D eigenvalue weighted by molar-refractivity contribution is 7.85. The summed E-state index contributed by atoms with van der Waals surface area (Å²) in [7, 11) is -4.07. The molecule has 96 valence electrons. The molecule has 0 radical (unpaired) electrons. The lowest BCUT2D eigenvalue weighted by molar-refractivity contribution is 0.475. The number of aromatic nitrogens is 2. The lowest BCUT2D eigenvalue weighted by Gasteiger charge is -2.00. The Morgan fingerprint density at radius 1 is 1.22 bits per heavy atom. The maximum Gasteiger partial charge on any atom is 0.267 e. The Labute approximate surface area is 104 Å². The summed E-state index contributed by atoms with van der Waals surface area (Å²) in [5.41, 5.74) is 1.11. The highest BCUT2D eigenvalue weighted by atomic mass is 32.2. The Morgan fingerprint density at radius 2 is 1.89 bits per heavy atom. The Hall–Kier alpha value is -1.86. The number of aryl methyl sites for hydroxylation is 1. The van der Waals surface area contributed by atoms with Crippen LogP contribution in [-0.2, 0) is 16.7 Å². The minimum Gasteiger partial charge on any atom is -0.295 e. The van der Waals surface area contributed by atoms with Crippen molar-refractivity contribution in [3.8, 4) is 11.3 Å². The van der Waals surface area contributed by atoms with E-state index in [-0.39, 0.29) is 12.1 Å². The Morgan fingerprint density at radius 3 is 2.50 bits per heavy atom. The van der Waals surface area contributed by atoms with Gasteiger partial charge in [-0.3, -0.25) is 19.1 Å². The van der Waals surface area contributed by atoms with E-state index in [0.717, 1.165) is 10.2 Å². The number of nitrogens with zero attached hydrogens (tertiary/aromatic N) is 1. The van der Waals surface area contributed by atoms with Crippen molar-refractivity contribution in [1.29, 1.82) is 0 Å². The fourth-order valence-electron chi connectivity index (χ4n) is 1.57. The lowest BCUT2D eigenvalue weighted by Crippen LogP contribution is -2.21. The molecule has 0 saturated heterocycles. The van der Waals surface area contributed by atoms with Gasteiger partial charge in [0.05, 0.1) is 18.0 Å². The van der Waals surface area contributed by atoms with Crippen LogP contribution in [0.1, 0.15) is 0 Å². The molecule has 7 heteroatoms. The molecule has 0 amide bonds. The minimum atomic E-state index is -4.07. The van der Waals surface area contributed by atoms with Gasteiger partial charge in [0, 0.05) is 6.07 Å². The molecule has 0 spiro atoms. The third-order valence-corrected chi connectivity index (χ3v) is 3.15. The van der Waals surface area contributed by atoms with E-state index in [1.807, 2.05) is 30.3 Å². The zero-order valence-electron chi connectivity index (χ0n) is 9.41. The van der Waals surface area contributed by atoms with Gasteiger partial charge in [0.15, 0.2) is 0 Å². The van der Waals surface area contributed by atoms with Gasteiger partial charge in [-0.15, -0.1) is 0 Å². The van der Waals surface area contributed by atoms with Crippen LogP contribution < -0.4 is 5.56 Å². The number of hydrogen-bond acceptors (Lipinski definition) is 3. The summed E-state index contributed by atoms with van der Waals surface area (Å²) in [6.07, 6.45) is 0. The molecule has 0 aliphatic carbocycles. The molecule has 0 aliphatic rings. The molecule has 0 unspecified atom stereocenters. The third-order valence-electron chi connectivity index (χ3n) is 2.45. The Kier molecular flexibility index (Phi) is 3.35. The topological polar surface area (TPSA) is 92.2 Å². The summed E-state index contributed by atoms with van der Waals surface area (Å²) in [6, 6.07) is 10.6. The maximum atomic E-state index is 11.6. The summed E-state index contributed by atoms with van der Waals surface area (Å²) < 4.78 is 31.0. The van der Waals surface area contributed by atoms with Crippen LogP contribution in [0.4, 0.5) is 0 Å². The molecule has 2 rings (SSSR count). The van der Waals surface area contributed by atoms with Gasteiger partial charge in [-0.25, -0.2) is 0 Å². The van der Waals surface area contributed by atoms with Crippen molar-refractivity contribution in [3.63, 3.8) is 0 Å². The molecular weight excluding hydrogens is 256 g/mol. The van der Waals surface area contributed by atoms with E-state index in [0.29, 0.717) is 5.69 Å². The second kappa shape index (κ2) is 4.79. The number of hydrogen-bond donors (Lipinski definition) is 2. The van der Waals surface area contributed by atoms with Crippen molar-refractivity contribution >= 4 is 10.1 Å². The van der Waals surface area contributed by atoms with Crippen LogP contribution in [0.25, 0.3) is 11.3 Å². The molecule has 6 nitrogen and oxygen atoms in total. The highest BCUT2D eigenvalue weighted by Gasteiger charge is 2.09. The van der Waals surface area contributed by atoms with E-state index in [9.17, 15) is 13.2 Å². The molecule has 0 bridgehead atoms. The fourth-order valence-corrected chi connectivity index (χ4v) is 1.99. The van der Waals surface area contributed by atoms with Crippen molar-refractivity contribution in [2.75, 3.05) is 5.75 Å². The van der Waals surface area contributed by atoms with E-state index >= 15 is 0 Å². The van der Waals surface area contributed by atoms with Gasteiger partial charge in [0.25, 0.3) is 15.7 Å². The average Bonchev–Trinajstić information content (AvgIpc) is 2.68. The van der Waals surface area contributed by atoms with Gasteiger partial charge < -0.3 is 0 Å². The predicted octanol–water partition coefficient (Wildman–Crippen LogP) is 0.731. The number of nitrogens with one attached hydrogen (secondary N) is 1. The Bertz CT molecular complexity index is 685. The summed E-state index contributed by atoms with van der Waals surface area (Å²) in [5, 5.41) is 2.80. The van der Waals surface area contributed by atoms with E-state index in [1.54, 1.807) is 0 Å². The Balaban J connectivity index is 2.26. The third kappa shape index (κ3) is 3.08. The summed E-state index contributed by atoms with van der Waals surface area (Å²) in [6.45, 7) is -0.107. The molecule has 1 aromatic heterocycles. The zero-order valence-corrected chi connectivity index (χ0v) is 10.2. The van der Waals surface area contributed by atoms with Crippen molar-refractivity contribution < 1.29 is 13.0 Å². The molecule has 2 N–H and O–H groups in total. The molecule has 18 heavy (non-hydrogen) atoms. The first-order chi connectivity index (χ1) is 8.46. The first-order valence-corrected chi connectivity index (χ1v) is 6.87. The lowest BCUT2D eigenvalue weighted by atomic mass is 10.2. The van der Waals surface area contributed by atoms with Crippen LogP contribution in [0, 0.1) is 0 Å². The van der Waals surface area contributed by atoms with Crippen LogP contribution in [-0.4, -0.2) is 28.5 Å². The van der Waals surface area contributed by atoms with Crippen molar-refractivity contribution in [2.24, 2.45) is 0 Å². The van der Waals surface area contributed by atoms with Crippen molar-refractivity contribution in [3.05, 3.63) is 46.8 Å². The number of aromatic amines is 1. The average molecular weight is 268 g/mol. The van der Waals surface area contributed by atoms with Gasteiger partial charge in [-0.1, -0.05) is 30.3 Å². The van der Waals surface area contributed by atoms with Crippen LogP contribution in [0.2, 0.25) is 0 Å². The van der Waals surface area contributed by atoms with E-state index < -0.39 is 15.9 Å². The van der Waals surface area contributed by atoms with Crippen LogP contribution in [0.3, 0.4) is 0 Å². The maximum absolute atomic E-state index is 11.6. The molecule has 0 aliphatic heterocycles. The number of rotatable bonds is 4. The van der Waals surface area contributed by atoms with Gasteiger partial charge >= 0.3 is 0 Å². The van der Waals surface area contributed by atoms with Gasteiger partial charge in [0.2, 0.25) is 0 Å². The fraction of sp³-hybridized carbons (Fsp3) is 0.182. The van der Waals surface area contributed by atoms with Gasteiger partial charge in [0.1, 0.15) is 0 Å². The normalized spacial score (nSPS) is 11.6. The first-order valence-electron chi connectivity index (χ1n) is 5.26. The second-order valence-corrected chi connectivity index (χ2v) is 5.38. The van der Waals surface area contributed by atoms with E-state index in [1.165, 1.54) is 6.07 Å². The van der Waals surface area contributed by atoms with Gasteiger partial charge in [-0.2, -0.15) is 8.42 Å². The van der Waals surface area contributed by atoms with E-state index in [4.69, 9.17) is 4.55 Å². The molecule has 2 aromatic rings. The van der Waals surface area contributed by atoms with E-state index in [2.05, 4.69) is 5.10 Å². The first kappa shape index (κ1) is 12.6. The quantitative estimate of drug-likeness (QED) is 0.800. The second-order valence-electron chi connectivity index (χ2n) is 3.81. The van der Waals surface area contributed by atoms with Crippen molar-refractivity contribution in [1.82, 2.24) is 9.78 Å². The summed E-state index contributed by atoms with van der Waals surface area (Å²) in [4.78, 5) is 11.6. The highest BCUT2D eigenvalue weighted by Crippen LogP contribution is 2.13. The summed E-state index contributed by atoms with van der Waals surface area (Å²) >= 11 is 0. The van der Waals surface area contributed by atoms with Crippen LogP contribution >= 0.6 is 0 Å². The zero-order chi connectivity index (χ0) is 13.2. The number of H-pyrrole nitrogens is 1. The molecule has 0 fully saturated rings. The largest absolute Gasteiger partial charge is 0.295 e. The van der Waals surface area contributed by atoms with Crippen LogP contribution in [0.15, 0.2) is 41.2 Å². The van der Waals surface area contributed by atoms with Gasteiger partial charge in [-0.05, 0) is 5.56 Å². The van der Waals surface area contributed by atoms with Crippen molar-refractivity contribution in [2.45, 2.75) is 6.54 Å². The van der Waals surface area contributed by atoms with Crippen LogP contribution in [0.5, 0.6) is 0 Å². The standard InChI is InChI=1S/C11H12N2O4S/c14-11-8-10(9-4-2-1-3-5-9)12-13(11)6-7-18(15,16)17/h1-5,8,12H,6-7H2,(H,15,16,17). The minimum absolute atomic E-state index is 0.107. The molecular formula is C11H12N2O4S.